The summed E-state index contributed by atoms with van der Waals surface area (Å²) in [5, 5.41) is 0. The van der Waals surface area contributed by atoms with Crippen LogP contribution in [0.2, 0.25) is 0 Å². The predicted octanol–water partition coefficient (Wildman–Crippen LogP) is 1.33. The predicted molar refractivity (Wildman–Crippen MR) is 28.6 cm³/mol. The molecule has 0 aromatic carbocycles. The molecule has 0 amide bonds. The topological polar surface area (TPSA) is 9.23 Å². The molecule has 0 aromatic rings. The van der Waals surface area contributed by atoms with Crippen molar-refractivity contribution in [3.8, 4) is 12.0 Å². The van der Waals surface area contributed by atoms with E-state index in [0.717, 1.165) is 0 Å². The molecule has 5 heavy (non-hydrogen) atoms. The molecule has 1 nitrogen and oxygen atoms in total. The maximum atomic E-state index is 4.30. The van der Waals surface area contributed by atoms with Gasteiger partial charge in [0.05, 0.1) is 0 Å². The minimum Gasteiger partial charge on any atom is -0.378 e. The largest absolute Gasteiger partial charge is 0.378 e. The normalized spacial score (nSPS) is 4.40. The van der Waals surface area contributed by atoms with E-state index in [4.69, 9.17) is 0 Å². The summed E-state index contributed by atoms with van der Waals surface area (Å²) < 4.78 is 4.30. The molecule has 0 aliphatic carbocycles. The summed E-state index contributed by atoms with van der Waals surface area (Å²) in [5.41, 5.74) is 0. The molecule has 0 N–H and O–H groups in total. The fraction of sp³-hybridized carbons (Fsp3) is 0.333. The molecule has 0 saturated heterocycles. The molecule has 0 unspecified atom stereocenters. The van der Waals surface area contributed by atoms with Gasteiger partial charge in [0.1, 0.15) is 6.11 Å². The summed E-state index contributed by atoms with van der Waals surface area (Å²) >= 11 is 1.71. The fourth-order valence-electron chi connectivity index (χ4n) is 0.0386. The van der Waals surface area contributed by atoms with Crippen LogP contribution in [0.1, 0.15) is 6.92 Å². The van der Waals surface area contributed by atoms with Gasteiger partial charge in [0.15, 0.2) is 0 Å². The Morgan fingerprint density at radius 2 is 2.40 bits per heavy atom. The van der Waals surface area contributed by atoms with Crippen LogP contribution in [0.15, 0.2) is 0 Å². The fourth-order valence-corrected chi connectivity index (χ4v) is 0.259. The van der Waals surface area contributed by atoms with Gasteiger partial charge in [0.25, 0.3) is 0 Å². The molecule has 0 fully saturated rings. The Morgan fingerprint density at radius 1 is 1.80 bits per heavy atom. The second kappa shape index (κ2) is 4.09. The van der Waals surface area contributed by atoms with E-state index in [2.05, 4.69) is 15.1 Å². The Kier molecular flexibility index (Phi) is 4.16. The van der Waals surface area contributed by atoms with Crippen LogP contribution >= 0.6 is 23.0 Å². The molecule has 28 valence electrons. The second-order valence-electron chi connectivity index (χ2n) is 0.429. The van der Waals surface area contributed by atoms with Crippen molar-refractivity contribution in [1.82, 2.24) is 0 Å². The van der Waals surface area contributed by atoms with E-state index >= 15 is 0 Å². The van der Waals surface area contributed by atoms with Crippen molar-refractivity contribution in [3.05, 3.63) is 0 Å². The van der Waals surface area contributed by atoms with Crippen LogP contribution in [0.25, 0.3) is 0 Å². The third kappa shape index (κ3) is 4.09. The van der Waals surface area contributed by atoms with Gasteiger partial charge in [0, 0.05) is 6.92 Å². The number of rotatable bonds is 0. The zero-order chi connectivity index (χ0) is 4.12. The first kappa shape index (κ1) is 5.09. The molecule has 0 radical (unpaired) electrons. The number of hydrogen-bond acceptors (Lipinski definition) is 1. The van der Waals surface area contributed by atoms with Gasteiger partial charge in [-0.15, -0.1) is 0 Å². The molecule has 0 aromatic heterocycles. The zero-order valence-corrected chi connectivity index (χ0v) is 4.94. The molecule has 2 heteroatoms. The summed E-state index contributed by atoms with van der Waals surface area (Å²) in [7, 11) is 0. The third-order valence-corrected chi connectivity index (χ3v) is 0.361. The highest BCUT2D eigenvalue weighted by atomic mass is 127. The molecular formula is C3H3IO. The lowest BCUT2D eigenvalue weighted by molar-refractivity contribution is 0.685. The van der Waals surface area contributed by atoms with Gasteiger partial charge in [-0.05, 0) is 0 Å². The van der Waals surface area contributed by atoms with E-state index in [0.29, 0.717) is 0 Å². The van der Waals surface area contributed by atoms with Gasteiger partial charge in [-0.1, -0.05) is 5.92 Å². The Labute approximate surface area is 45.4 Å². The summed E-state index contributed by atoms with van der Waals surface area (Å²) in [4.78, 5) is 0. The first-order valence-corrected chi connectivity index (χ1v) is 1.99. The van der Waals surface area contributed by atoms with Gasteiger partial charge >= 0.3 is 0 Å². The van der Waals surface area contributed by atoms with E-state index < -0.39 is 0 Å². The van der Waals surface area contributed by atoms with Crippen molar-refractivity contribution in [2.24, 2.45) is 0 Å². The van der Waals surface area contributed by atoms with Gasteiger partial charge in [-0.3, -0.25) is 0 Å². The molecule has 0 bridgehead atoms. The van der Waals surface area contributed by atoms with Crippen LogP contribution < -0.4 is 0 Å². The maximum absolute atomic E-state index is 4.30. The lowest BCUT2D eigenvalue weighted by atomic mass is 10.8. The first-order chi connectivity index (χ1) is 2.41. The molecule has 0 aliphatic rings. The van der Waals surface area contributed by atoms with Gasteiger partial charge < -0.3 is 3.07 Å². The lowest BCUT2D eigenvalue weighted by Gasteiger charge is -1.63. The standard InChI is InChI=1S/C3H3IO/c1-2-3-5-4/h1H3. The van der Waals surface area contributed by atoms with Crippen LogP contribution in [-0.4, -0.2) is 0 Å². The summed E-state index contributed by atoms with van der Waals surface area (Å²) in [6.07, 6.45) is 2.35. The molecule has 0 heterocycles. The highest BCUT2D eigenvalue weighted by Crippen LogP contribution is 1.76. The molecule has 0 rings (SSSR count). The van der Waals surface area contributed by atoms with Crippen molar-refractivity contribution >= 4 is 23.0 Å². The summed E-state index contributed by atoms with van der Waals surface area (Å²) in [6.45, 7) is 1.72. The summed E-state index contributed by atoms with van der Waals surface area (Å²) in [6, 6.07) is 0. The van der Waals surface area contributed by atoms with Crippen molar-refractivity contribution in [2.45, 2.75) is 6.92 Å². The van der Waals surface area contributed by atoms with Crippen LogP contribution in [-0.2, 0) is 3.07 Å². The van der Waals surface area contributed by atoms with Crippen LogP contribution in [0.4, 0.5) is 0 Å². The molecular weight excluding hydrogens is 179 g/mol. The maximum Gasteiger partial charge on any atom is 0.207 e. The van der Waals surface area contributed by atoms with Gasteiger partial charge in [-0.25, -0.2) is 0 Å². The zero-order valence-electron chi connectivity index (χ0n) is 2.79. The van der Waals surface area contributed by atoms with Gasteiger partial charge in [-0.2, -0.15) is 0 Å². The highest BCUT2D eigenvalue weighted by molar-refractivity contribution is 14.1. The Bertz CT molecular complexity index is 59.0. The van der Waals surface area contributed by atoms with E-state index in [-0.39, 0.29) is 0 Å². The quantitative estimate of drug-likeness (QED) is 0.405. The third-order valence-electron chi connectivity index (χ3n) is 0.141. The van der Waals surface area contributed by atoms with E-state index in [9.17, 15) is 0 Å². The second-order valence-corrected chi connectivity index (χ2v) is 0.870. The Morgan fingerprint density at radius 3 is 2.40 bits per heavy atom. The number of halogens is 1. The van der Waals surface area contributed by atoms with Crippen molar-refractivity contribution in [2.75, 3.05) is 0 Å². The summed E-state index contributed by atoms with van der Waals surface area (Å²) in [5.74, 6) is 2.54. The molecule has 0 saturated carbocycles. The average molecular weight is 182 g/mol. The Balaban J connectivity index is 2.81. The molecule has 0 atom stereocenters. The van der Waals surface area contributed by atoms with E-state index in [1.165, 1.54) is 0 Å². The van der Waals surface area contributed by atoms with Crippen molar-refractivity contribution < 1.29 is 3.07 Å². The monoisotopic (exact) mass is 182 g/mol. The number of hydrogen-bond donors (Lipinski definition) is 0. The average Bonchev–Trinajstić information content (AvgIpc) is 1.41. The lowest BCUT2D eigenvalue weighted by Crippen LogP contribution is -1.45. The van der Waals surface area contributed by atoms with E-state index in [1.54, 1.807) is 29.9 Å². The highest BCUT2D eigenvalue weighted by Gasteiger charge is 1.47. The van der Waals surface area contributed by atoms with Crippen LogP contribution in [0, 0.1) is 12.0 Å². The molecule has 0 spiro atoms. The van der Waals surface area contributed by atoms with Crippen LogP contribution in [0.5, 0.6) is 0 Å². The van der Waals surface area contributed by atoms with Crippen LogP contribution in [0.3, 0.4) is 0 Å². The van der Waals surface area contributed by atoms with E-state index in [1.807, 2.05) is 0 Å². The minimum atomic E-state index is 1.71. The molecule has 0 aliphatic heterocycles. The van der Waals surface area contributed by atoms with Crippen molar-refractivity contribution in [3.63, 3.8) is 0 Å². The Hall–Kier alpha value is 0.0900. The van der Waals surface area contributed by atoms with Gasteiger partial charge in [0.2, 0.25) is 23.0 Å². The smallest absolute Gasteiger partial charge is 0.207 e. The minimum absolute atomic E-state index is 1.71. The SMILES string of the molecule is CC#COI. The first-order valence-electron chi connectivity index (χ1n) is 1.11. The van der Waals surface area contributed by atoms with Crippen molar-refractivity contribution in [1.29, 1.82) is 0 Å².